The molecular weight excluding hydrogens is 300 g/mol. The van der Waals surface area contributed by atoms with E-state index in [1.807, 2.05) is 0 Å². The molecule has 21 heavy (non-hydrogen) atoms. The second-order valence-electron chi connectivity index (χ2n) is 6.42. The molecule has 1 fully saturated rings. The second-order valence-corrected chi connectivity index (χ2v) is 8.61. The van der Waals surface area contributed by atoms with E-state index in [4.69, 9.17) is 0 Å². The minimum atomic E-state index is -3.39. The molecule has 1 unspecified atom stereocenters. The first kappa shape index (κ1) is 16.3. The summed E-state index contributed by atoms with van der Waals surface area (Å²) in [6.07, 6.45) is 2.36. The largest absolute Gasteiger partial charge is 0.255 e. The molecule has 0 aromatic carbocycles. The van der Waals surface area contributed by atoms with Crippen LogP contribution in [0.5, 0.6) is 0 Å². The van der Waals surface area contributed by atoms with Gasteiger partial charge in [-0.05, 0) is 18.3 Å². The molecule has 1 atom stereocenters. The lowest BCUT2D eigenvalue weighted by molar-refractivity contribution is -0.0718. The van der Waals surface area contributed by atoms with Crippen LogP contribution in [0.2, 0.25) is 0 Å². The van der Waals surface area contributed by atoms with Gasteiger partial charge in [-0.2, -0.15) is 0 Å². The number of halogens is 2. The van der Waals surface area contributed by atoms with Gasteiger partial charge in [-0.3, -0.25) is 4.68 Å². The molecule has 120 valence electrons. The molecule has 1 aromatic rings. The molecule has 1 aliphatic rings. The number of rotatable bonds is 5. The third-order valence-corrected chi connectivity index (χ3v) is 5.86. The van der Waals surface area contributed by atoms with Gasteiger partial charge in [0.05, 0.1) is 17.2 Å². The Bertz CT molecular complexity index is 600. The van der Waals surface area contributed by atoms with E-state index in [-0.39, 0.29) is 30.8 Å². The number of aryl methyl sites for hydroxylation is 2. The molecule has 0 bridgehead atoms. The van der Waals surface area contributed by atoms with Gasteiger partial charge < -0.3 is 0 Å². The smallest absolute Gasteiger partial charge is 0.248 e. The fourth-order valence-corrected chi connectivity index (χ4v) is 5.04. The van der Waals surface area contributed by atoms with Gasteiger partial charge in [-0.25, -0.2) is 17.2 Å². The van der Waals surface area contributed by atoms with Crippen molar-refractivity contribution in [1.29, 1.82) is 0 Å². The highest BCUT2D eigenvalue weighted by Crippen LogP contribution is 2.45. The van der Waals surface area contributed by atoms with Crippen molar-refractivity contribution in [2.45, 2.75) is 45.0 Å². The fourth-order valence-electron chi connectivity index (χ4n) is 3.07. The summed E-state index contributed by atoms with van der Waals surface area (Å²) >= 11 is 0. The first-order chi connectivity index (χ1) is 9.59. The van der Waals surface area contributed by atoms with Crippen molar-refractivity contribution in [1.82, 2.24) is 15.0 Å². The van der Waals surface area contributed by atoms with E-state index >= 15 is 0 Å². The van der Waals surface area contributed by atoms with Gasteiger partial charge in [0.15, 0.2) is 9.84 Å². The van der Waals surface area contributed by atoms with Gasteiger partial charge in [0.2, 0.25) is 5.92 Å². The summed E-state index contributed by atoms with van der Waals surface area (Å²) in [7, 11) is -1.68. The van der Waals surface area contributed by atoms with Gasteiger partial charge in [-0.15, -0.1) is 5.10 Å². The van der Waals surface area contributed by atoms with Crippen LogP contribution in [0.1, 0.15) is 38.3 Å². The third-order valence-electron chi connectivity index (χ3n) is 3.90. The molecule has 0 saturated heterocycles. The van der Waals surface area contributed by atoms with Gasteiger partial charge in [0.1, 0.15) is 0 Å². The van der Waals surface area contributed by atoms with E-state index in [1.54, 1.807) is 20.2 Å². The van der Waals surface area contributed by atoms with Gasteiger partial charge in [-0.1, -0.05) is 12.1 Å². The Kier molecular flexibility index (Phi) is 4.37. The highest BCUT2D eigenvalue weighted by atomic mass is 32.2. The van der Waals surface area contributed by atoms with Crippen LogP contribution in [0.4, 0.5) is 8.78 Å². The zero-order valence-electron chi connectivity index (χ0n) is 12.3. The average Bonchev–Trinajstić information content (AvgIpc) is 2.69. The summed E-state index contributed by atoms with van der Waals surface area (Å²) in [4.78, 5) is 0. The first-order valence-corrected chi connectivity index (χ1v) is 8.85. The summed E-state index contributed by atoms with van der Waals surface area (Å²) < 4.78 is 52.9. The number of hydrogen-bond donors (Lipinski definition) is 0. The predicted molar refractivity (Wildman–Crippen MR) is 74.9 cm³/mol. The van der Waals surface area contributed by atoms with Crippen LogP contribution in [-0.4, -0.2) is 40.8 Å². The lowest BCUT2D eigenvalue weighted by Gasteiger charge is -2.37. The van der Waals surface area contributed by atoms with E-state index < -0.39 is 21.2 Å². The molecule has 0 N–H and O–H groups in total. The lowest BCUT2D eigenvalue weighted by Crippen LogP contribution is -2.38. The predicted octanol–water partition coefficient (Wildman–Crippen LogP) is 1.99. The summed E-state index contributed by atoms with van der Waals surface area (Å²) in [6, 6.07) is 0. The zero-order chi connectivity index (χ0) is 15.7. The molecular formula is C13H21F2N3O2S. The van der Waals surface area contributed by atoms with Gasteiger partial charge >= 0.3 is 0 Å². The van der Waals surface area contributed by atoms with Crippen molar-refractivity contribution in [2.75, 3.05) is 11.5 Å². The maximum Gasteiger partial charge on any atom is 0.248 e. The number of sulfone groups is 1. The van der Waals surface area contributed by atoms with E-state index in [1.165, 1.54) is 4.68 Å². The topological polar surface area (TPSA) is 64.8 Å². The molecule has 1 saturated carbocycles. The Morgan fingerprint density at radius 2 is 2.10 bits per heavy atom. The highest BCUT2D eigenvalue weighted by Gasteiger charge is 2.44. The van der Waals surface area contributed by atoms with Crippen LogP contribution < -0.4 is 0 Å². The number of aromatic nitrogens is 3. The molecule has 1 heterocycles. The summed E-state index contributed by atoms with van der Waals surface area (Å²) in [5.74, 6) is -3.00. The van der Waals surface area contributed by atoms with Gasteiger partial charge in [0, 0.05) is 32.5 Å². The fraction of sp³-hybridized carbons (Fsp3) is 0.846. The standard InChI is InChI=1S/C13H21F2N3O2S/c1-12(5-3-6-13(14,15)9-12)10-21(19,20)7-4-11-8-18(2)17-16-11/h8H,3-7,9-10H2,1-2H3. The summed E-state index contributed by atoms with van der Waals surface area (Å²) in [6.45, 7) is 1.65. The summed E-state index contributed by atoms with van der Waals surface area (Å²) in [5, 5.41) is 7.57. The number of hydrogen-bond acceptors (Lipinski definition) is 4. The maximum absolute atomic E-state index is 13.5. The van der Waals surface area contributed by atoms with Crippen molar-refractivity contribution in [3.8, 4) is 0 Å². The Balaban J connectivity index is 1.96. The molecule has 0 spiro atoms. The van der Waals surface area contributed by atoms with Crippen molar-refractivity contribution < 1.29 is 17.2 Å². The zero-order valence-corrected chi connectivity index (χ0v) is 13.2. The minimum absolute atomic E-state index is 0.0765. The normalized spacial score (nSPS) is 25.9. The Labute approximate surface area is 123 Å². The van der Waals surface area contributed by atoms with Crippen LogP contribution >= 0.6 is 0 Å². The number of nitrogens with zero attached hydrogens (tertiary/aromatic N) is 3. The molecule has 1 aliphatic carbocycles. The molecule has 8 heteroatoms. The minimum Gasteiger partial charge on any atom is -0.255 e. The van der Waals surface area contributed by atoms with Crippen LogP contribution in [0.15, 0.2) is 6.20 Å². The molecule has 0 aliphatic heterocycles. The maximum atomic E-state index is 13.5. The Hall–Kier alpha value is -1.05. The van der Waals surface area contributed by atoms with Gasteiger partial charge in [0.25, 0.3) is 0 Å². The average molecular weight is 321 g/mol. The SMILES string of the molecule is Cn1cc(CCS(=O)(=O)CC2(C)CCCC(F)(F)C2)nn1. The summed E-state index contributed by atoms with van der Waals surface area (Å²) in [5.41, 5.74) is -0.233. The monoisotopic (exact) mass is 321 g/mol. The van der Waals surface area contributed by atoms with E-state index in [9.17, 15) is 17.2 Å². The van der Waals surface area contributed by atoms with E-state index in [0.29, 0.717) is 18.5 Å². The second kappa shape index (κ2) is 5.62. The van der Waals surface area contributed by atoms with Crippen LogP contribution in [-0.2, 0) is 23.3 Å². The number of alkyl halides is 2. The van der Waals surface area contributed by atoms with Crippen molar-refractivity contribution >= 4 is 9.84 Å². The quantitative estimate of drug-likeness (QED) is 0.832. The van der Waals surface area contributed by atoms with E-state index in [2.05, 4.69) is 10.3 Å². The Morgan fingerprint density at radius 3 is 2.67 bits per heavy atom. The molecule has 0 radical (unpaired) electrons. The van der Waals surface area contributed by atoms with E-state index in [0.717, 1.165) is 0 Å². The van der Waals surface area contributed by atoms with Crippen LogP contribution in [0.3, 0.4) is 0 Å². The molecule has 0 amide bonds. The van der Waals surface area contributed by atoms with Crippen molar-refractivity contribution in [2.24, 2.45) is 12.5 Å². The van der Waals surface area contributed by atoms with Crippen LogP contribution in [0.25, 0.3) is 0 Å². The van der Waals surface area contributed by atoms with Crippen LogP contribution in [0, 0.1) is 5.41 Å². The molecule has 2 rings (SSSR count). The first-order valence-electron chi connectivity index (χ1n) is 7.03. The highest BCUT2D eigenvalue weighted by molar-refractivity contribution is 7.91. The lowest BCUT2D eigenvalue weighted by atomic mass is 9.75. The third kappa shape index (κ3) is 4.72. The molecule has 5 nitrogen and oxygen atoms in total. The molecule has 1 aromatic heterocycles. The van der Waals surface area contributed by atoms with Crippen molar-refractivity contribution in [3.63, 3.8) is 0 Å². The Morgan fingerprint density at radius 1 is 1.38 bits per heavy atom. The van der Waals surface area contributed by atoms with Crippen molar-refractivity contribution in [3.05, 3.63) is 11.9 Å².